The van der Waals surface area contributed by atoms with E-state index in [0.717, 1.165) is 24.1 Å². The molecule has 1 atom stereocenters. The van der Waals surface area contributed by atoms with Gasteiger partial charge in [-0.3, -0.25) is 14.4 Å². The number of carbonyl (C=O) groups is 3. The number of nitrogens with zero attached hydrogens (tertiary/aromatic N) is 2. The summed E-state index contributed by atoms with van der Waals surface area (Å²) in [6.45, 7) is 2.10. The third kappa shape index (κ3) is 3.74. The van der Waals surface area contributed by atoms with Crippen LogP contribution in [-0.2, 0) is 9.59 Å². The van der Waals surface area contributed by atoms with Crippen LogP contribution in [0.4, 0.5) is 11.5 Å². The number of amides is 3. The van der Waals surface area contributed by atoms with Crippen molar-refractivity contribution in [1.82, 2.24) is 10.3 Å². The topological polar surface area (TPSA) is 91.4 Å². The van der Waals surface area contributed by atoms with Gasteiger partial charge in [0.25, 0.3) is 5.91 Å². The van der Waals surface area contributed by atoms with Crippen LogP contribution in [0.3, 0.4) is 0 Å². The quantitative estimate of drug-likeness (QED) is 0.856. The molecule has 2 aromatic rings. The lowest BCUT2D eigenvalue weighted by atomic mass is 9.96. The van der Waals surface area contributed by atoms with Gasteiger partial charge in [0.15, 0.2) is 0 Å². The summed E-state index contributed by atoms with van der Waals surface area (Å²) >= 11 is 0. The second kappa shape index (κ2) is 7.42. The molecule has 2 aliphatic rings. The highest BCUT2D eigenvalue weighted by atomic mass is 16.2. The molecular weight excluding hydrogens is 356 g/mol. The third-order valence-corrected chi connectivity index (χ3v) is 5.15. The zero-order chi connectivity index (χ0) is 19.7. The van der Waals surface area contributed by atoms with Crippen molar-refractivity contribution in [2.24, 2.45) is 5.92 Å². The number of rotatable bonds is 4. The van der Waals surface area contributed by atoms with Crippen molar-refractivity contribution in [3.63, 3.8) is 0 Å². The van der Waals surface area contributed by atoms with Crippen molar-refractivity contribution in [2.45, 2.75) is 32.2 Å². The summed E-state index contributed by atoms with van der Waals surface area (Å²) in [5.74, 6) is 0.164. The Labute approximate surface area is 163 Å². The van der Waals surface area contributed by atoms with E-state index in [1.54, 1.807) is 24.0 Å². The fourth-order valence-electron chi connectivity index (χ4n) is 3.49. The van der Waals surface area contributed by atoms with Gasteiger partial charge in [-0.1, -0.05) is 18.2 Å². The zero-order valence-corrected chi connectivity index (χ0v) is 15.6. The highest BCUT2D eigenvalue weighted by Gasteiger charge is 2.30. The molecule has 1 saturated carbocycles. The average molecular weight is 378 g/mol. The first-order valence-electron chi connectivity index (χ1n) is 9.48. The Morgan fingerprint density at radius 1 is 1.11 bits per heavy atom. The van der Waals surface area contributed by atoms with Crippen LogP contribution in [0.5, 0.6) is 0 Å². The molecule has 28 heavy (non-hydrogen) atoms. The number of aromatic nitrogens is 1. The van der Waals surface area contributed by atoms with Crippen molar-refractivity contribution >= 4 is 29.2 Å². The molecule has 3 amide bonds. The van der Waals surface area contributed by atoms with Crippen molar-refractivity contribution in [2.75, 3.05) is 16.8 Å². The lowest BCUT2D eigenvalue weighted by molar-refractivity contribution is -0.117. The molecule has 2 N–H and O–H groups in total. The minimum Gasteiger partial charge on any atom is -0.345 e. The van der Waals surface area contributed by atoms with E-state index in [1.165, 1.54) is 6.20 Å². The molecule has 0 radical (unpaired) electrons. The SMILES string of the molecule is CC(=O)N1CCC(NC(=O)c2ccnc(NC(=O)C3CC3)c2)c2ccccc21. The van der Waals surface area contributed by atoms with E-state index in [1.807, 2.05) is 24.3 Å². The summed E-state index contributed by atoms with van der Waals surface area (Å²) in [4.78, 5) is 42.4. The van der Waals surface area contributed by atoms with Crippen molar-refractivity contribution < 1.29 is 14.4 Å². The van der Waals surface area contributed by atoms with Gasteiger partial charge in [0, 0.05) is 36.8 Å². The van der Waals surface area contributed by atoms with Gasteiger partial charge < -0.3 is 15.5 Å². The smallest absolute Gasteiger partial charge is 0.251 e. The predicted molar refractivity (Wildman–Crippen MR) is 105 cm³/mol. The van der Waals surface area contributed by atoms with Gasteiger partial charge in [0.1, 0.15) is 5.82 Å². The number of benzene rings is 1. The lowest BCUT2D eigenvalue weighted by Crippen LogP contribution is -2.40. The van der Waals surface area contributed by atoms with Crippen LogP contribution in [0.25, 0.3) is 0 Å². The molecule has 1 unspecified atom stereocenters. The van der Waals surface area contributed by atoms with E-state index in [4.69, 9.17) is 0 Å². The molecule has 7 nitrogen and oxygen atoms in total. The molecule has 4 rings (SSSR count). The number of pyridine rings is 1. The number of hydrogen-bond donors (Lipinski definition) is 2. The van der Waals surface area contributed by atoms with Crippen LogP contribution in [0.15, 0.2) is 42.6 Å². The molecule has 1 fully saturated rings. The molecule has 1 aliphatic carbocycles. The Kier molecular flexibility index (Phi) is 4.81. The minimum atomic E-state index is -0.236. The van der Waals surface area contributed by atoms with Gasteiger partial charge in [-0.25, -0.2) is 4.98 Å². The number of nitrogens with one attached hydrogen (secondary N) is 2. The van der Waals surface area contributed by atoms with Crippen molar-refractivity contribution in [3.05, 3.63) is 53.7 Å². The lowest BCUT2D eigenvalue weighted by Gasteiger charge is -2.34. The maximum Gasteiger partial charge on any atom is 0.251 e. The van der Waals surface area contributed by atoms with Crippen LogP contribution < -0.4 is 15.5 Å². The Balaban J connectivity index is 1.50. The fourth-order valence-corrected chi connectivity index (χ4v) is 3.49. The second-order valence-electron chi connectivity index (χ2n) is 7.24. The van der Waals surface area contributed by atoms with Crippen LogP contribution in [0.1, 0.15) is 48.1 Å². The molecule has 0 spiro atoms. The summed E-state index contributed by atoms with van der Waals surface area (Å²) in [7, 11) is 0. The number of anilines is 2. The second-order valence-corrected chi connectivity index (χ2v) is 7.24. The summed E-state index contributed by atoms with van der Waals surface area (Å²) < 4.78 is 0. The number of fused-ring (bicyclic) bond motifs is 1. The molecular formula is C21H22N4O3. The normalized spacial score (nSPS) is 18.2. The van der Waals surface area contributed by atoms with Gasteiger partial charge >= 0.3 is 0 Å². The Morgan fingerprint density at radius 3 is 2.64 bits per heavy atom. The van der Waals surface area contributed by atoms with E-state index in [2.05, 4.69) is 15.6 Å². The first kappa shape index (κ1) is 18.2. The molecule has 2 heterocycles. The standard InChI is InChI=1S/C21H22N4O3/c1-13(26)25-11-9-17(16-4-2-3-5-18(16)25)23-21(28)15-8-10-22-19(12-15)24-20(27)14-6-7-14/h2-5,8,10,12,14,17H,6-7,9,11H2,1H3,(H,23,28)(H,22,24,27). The molecule has 1 aliphatic heterocycles. The van der Waals surface area contributed by atoms with Gasteiger partial charge in [0.05, 0.1) is 6.04 Å². The van der Waals surface area contributed by atoms with Crippen LogP contribution in [-0.4, -0.2) is 29.3 Å². The first-order chi connectivity index (χ1) is 13.5. The molecule has 144 valence electrons. The van der Waals surface area contributed by atoms with E-state index in [9.17, 15) is 14.4 Å². The van der Waals surface area contributed by atoms with E-state index >= 15 is 0 Å². The molecule has 1 aromatic carbocycles. The first-order valence-corrected chi connectivity index (χ1v) is 9.48. The number of para-hydroxylation sites is 1. The van der Waals surface area contributed by atoms with Gasteiger partial charge in [-0.2, -0.15) is 0 Å². The van der Waals surface area contributed by atoms with Crippen LogP contribution >= 0.6 is 0 Å². The summed E-state index contributed by atoms with van der Waals surface area (Å²) in [6, 6.07) is 10.6. The minimum absolute atomic E-state index is 0.0117. The Hall–Kier alpha value is -3.22. The molecule has 7 heteroatoms. The Bertz CT molecular complexity index is 939. The molecule has 0 saturated heterocycles. The van der Waals surface area contributed by atoms with Crippen LogP contribution in [0.2, 0.25) is 0 Å². The van der Waals surface area contributed by atoms with Gasteiger partial charge in [-0.05, 0) is 43.0 Å². The maximum absolute atomic E-state index is 12.8. The maximum atomic E-state index is 12.8. The summed E-state index contributed by atoms with van der Waals surface area (Å²) in [5, 5.41) is 5.81. The fraction of sp³-hybridized carbons (Fsp3) is 0.333. The van der Waals surface area contributed by atoms with Crippen LogP contribution in [0, 0.1) is 5.92 Å². The molecule has 0 bridgehead atoms. The van der Waals surface area contributed by atoms with Gasteiger partial charge in [0.2, 0.25) is 11.8 Å². The predicted octanol–water partition coefficient (Wildman–Crippen LogP) is 2.66. The van der Waals surface area contributed by atoms with E-state index in [-0.39, 0.29) is 29.7 Å². The largest absolute Gasteiger partial charge is 0.345 e. The highest BCUT2D eigenvalue weighted by molar-refractivity contribution is 5.98. The Morgan fingerprint density at radius 2 is 1.89 bits per heavy atom. The number of carbonyl (C=O) groups excluding carboxylic acids is 3. The molecule has 1 aromatic heterocycles. The van der Waals surface area contributed by atoms with E-state index in [0.29, 0.717) is 24.3 Å². The highest BCUT2D eigenvalue weighted by Crippen LogP contribution is 2.34. The summed E-state index contributed by atoms with van der Waals surface area (Å²) in [6.07, 6.45) is 3.97. The average Bonchev–Trinajstić information content (AvgIpc) is 3.53. The third-order valence-electron chi connectivity index (χ3n) is 5.15. The van der Waals surface area contributed by atoms with E-state index < -0.39 is 0 Å². The van der Waals surface area contributed by atoms with Gasteiger partial charge in [-0.15, -0.1) is 0 Å². The number of hydrogen-bond acceptors (Lipinski definition) is 4. The van der Waals surface area contributed by atoms with Crippen molar-refractivity contribution in [3.8, 4) is 0 Å². The van der Waals surface area contributed by atoms with Crippen molar-refractivity contribution in [1.29, 1.82) is 0 Å². The summed E-state index contributed by atoms with van der Waals surface area (Å²) in [5.41, 5.74) is 2.19. The zero-order valence-electron chi connectivity index (χ0n) is 15.6. The monoisotopic (exact) mass is 378 g/mol.